The van der Waals surface area contributed by atoms with Gasteiger partial charge in [0.05, 0.1) is 150 Å². The molecular formula is C74H34N12. The number of benzene rings is 10. The molecule has 13 rings (SSSR count). The smallest absolute Gasteiger partial charge is 0.0999 e. The fourth-order valence-electron chi connectivity index (χ4n) is 11.7. The van der Waals surface area contributed by atoms with Gasteiger partial charge in [-0.2, -0.15) is 47.4 Å². The van der Waals surface area contributed by atoms with Crippen LogP contribution in [0.5, 0.6) is 0 Å². The van der Waals surface area contributed by atoms with Gasteiger partial charge in [-0.3, -0.25) is 0 Å². The molecular weight excluding hydrogens is 1060 g/mol. The highest BCUT2D eigenvalue weighted by Crippen LogP contribution is 2.45. The van der Waals surface area contributed by atoms with Crippen molar-refractivity contribution in [2.75, 3.05) is 0 Å². The first-order valence-corrected chi connectivity index (χ1v) is 26.8. The second kappa shape index (κ2) is 21.1. The van der Waals surface area contributed by atoms with Gasteiger partial charge in [-0.1, -0.05) is 84.9 Å². The van der Waals surface area contributed by atoms with Crippen LogP contribution in [-0.4, -0.2) is 14.1 Å². The van der Waals surface area contributed by atoms with Crippen LogP contribution in [-0.2, 0) is 0 Å². The molecule has 0 unspecified atom stereocenters. The molecule has 10 aromatic carbocycles. The second-order valence-electron chi connectivity index (χ2n) is 20.3. The predicted octanol–water partition coefficient (Wildman–Crippen LogP) is 16.1. The Morgan fingerprint density at radius 2 is 0.570 bits per heavy atom. The van der Waals surface area contributed by atoms with Crippen molar-refractivity contribution < 1.29 is 0 Å². The Labute approximate surface area is 491 Å². The Morgan fingerprint density at radius 1 is 0.244 bits per heavy atom. The molecule has 3 heterocycles. The van der Waals surface area contributed by atoms with Crippen molar-refractivity contribution in [1.29, 1.82) is 47.4 Å². The van der Waals surface area contributed by atoms with Crippen molar-refractivity contribution >= 4 is 43.6 Å². The molecule has 0 aliphatic heterocycles. The Balaban J connectivity index is 1.16. The molecule has 12 heteroatoms. The lowest BCUT2D eigenvalue weighted by molar-refractivity contribution is 1.09. The van der Waals surface area contributed by atoms with E-state index in [0.29, 0.717) is 123 Å². The molecule has 0 radical (unpaired) electrons. The Bertz CT molecular complexity index is 5280. The number of hydrogen-bond acceptors (Lipinski definition) is 10. The van der Waals surface area contributed by atoms with Crippen LogP contribution in [0.15, 0.2) is 206 Å². The maximum absolute atomic E-state index is 11.4. The highest BCUT2D eigenvalue weighted by atomic mass is 15.1. The minimum absolute atomic E-state index is 0.314. The largest absolute Gasteiger partial charge is 0.307 e. The molecule has 0 saturated carbocycles. The maximum atomic E-state index is 11.4. The molecule has 0 N–H and O–H groups in total. The molecule has 0 aliphatic carbocycles. The monoisotopic (exact) mass is 1090 g/mol. The van der Waals surface area contributed by atoms with E-state index >= 15 is 0 Å². The van der Waals surface area contributed by atoms with E-state index in [0.717, 1.165) is 49.2 Å². The molecule has 3 aromatic heterocycles. The molecule has 0 bridgehead atoms. The van der Waals surface area contributed by atoms with Gasteiger partial charge in [0.2, 0.25) is 0 Å². The van der Waals surface area contributed by atoms with Gasteiger partial charge < -0.3 is 9.13 Å². The number of nitrogens with zero attached hydrogens (tertiary/aromatic N) is 12. The molecule has 0 spiro atoms. The first-order valence-electron chi connectivity index (χ1n) is 26.8. The molecule has 0 amide bonds. The lowest BCUT2D eigenvalue weighted by Gasteiger charge is -2.20. The zero-order valence-corrected chi connectivity index (χ0v) is 45.0. The van der Waals surface area contributed by atoms with Crippen LogP contribution in [0.2, 0.25) is 0 Å². The number of aromatic nitrogens is 3. The molecule has 86 heavy (non-hydrogen) atoms. The number of hydrogen-bond donors (Lipinski definition) is 0. The van der Waals surface area contributed by atoms with Crippen molar-refractivity contribution in [3.8, 4) is 133 Å². The van der Waals surface area contributed by atoms with Crippen molar-refractivity contribution in [3.05, 3.63) is 256 Å². The van der Waals surface area contributed by atoms with Gasteiger partial charge >= 0.3 is 0 Å². The summed E-state index contributed by atoms with van der Waals surface area (Å²) >= 11 is 0. The van der Waals surface area contributed by atoms with Gasteiger partial charge in [0.15, 0.2) is 0 Å². The molecule has 0 saturated heterocycles. The highest BCUT2D eigenvalue weighted by Gasteiger charge is 2.25. The SMILES string of the molecule is N#Cc1ccc(-c2ccc3c(c2)c2cc(-c4ccc(C#N)cc4C#N)ccc2n3-c2cc(C#N)c(-c3cccc(-c4ccccc4)n3)cc2-n2c3ccc(-c4ccc(C#N)cc4C#N)cc3c3cc(-c4ccc(C#N)cc4C#N)ccc32)c(C#N)c1. The van der Waals surface area contributed by atoms with Gasteiger partial charge in [-0.05, 0) is 166 Å². The summed E-state index contributed by atoms with van der Waals surface area (Å²) in [7, 11) is 0. The van der Waals surface area contributed by atoms with Crippen LogP contribution in [0.3, 0.4) is 0 Å². The first-order chi connectivity index (χ1) is 42.2. The molecule has 0 aliphatic rings. The summed E-state index contributed by atoms with van der Waals surface area (Å²) in [6.45, 7) is 0. The molecule has 0 atom stereocenters. The molecule has 0 fully saturated rings. The van der Waals surface area contributed by atoms with Crippen LogP contribution in [0, 0.1) is 102 Å². The fourth-order valence-corrected chi connectivity index (χ4v) is 11.7. The third kappa shape index (κ3) is 8.60. The second-order valence-corrected chi connectivity index (χ2v) is 20.3. The van der Waals surface area contributed by atoms with Gasteiger partial charge in [0.1, 0.15) is 0 Å². The lowest BCUT2D eigenvalue weighted by Crippen LogP contribution is -2.06. The molecule has 390 valence electrons. The van der Waals surface area contributed by atoms with Gasteiger partial charge in [0.25, 0.3) is 0 Å². The topological polar surface area (TPSA) is 237 Å². The van der Waals surface area contributed by atoms with Crippen LogP contribution in [0.1, 0.15) is 50.1 Å². The zero-order valence-electron chi connectivity index (χ0n) is 45.0. The Kier molecular flexibility index (Phi) is 12.7. The summed E-state index contributed by atoms with van der Waals surface area (Å²) < 4.78 is 4.24. The molecule has 12 nitrogen and oxygen atoms in total. The normalized spacial score (nSPS) is 10.7. The summed E-state index contributed by atoms with van der Waals surface area (Å²) in [5.74, 6) is 0. The van der Waals surface area contributed by atoms with E-state index in [4.69, 9.17) is 4.98 Å². The fraction of sp³-hybridized carbons (Fsp3) is 0. The van der Waals surface area contributed by atoms with Crippen molar-refractivity contribution in [1.82, 2.24) is 14.1 Å². The third-order valence-electron chi connectivity index (χ3n) is 15.7. The minimum atomic E-state index is 0.314. The van der Waals surface area contributed by atoms with Crippen molar-refractivity contribution in [2.24, 2.45) is 0 Å². The summed E-state index contributed by atoms with van der Waals surface area (Å²) in [5, 5.41) is 95.4. The van der Waals surface area contributed by atoms with E-state index in [-0.39, 0.29) is 0 Å². The first kappa shape index (κ1) is 51.8. The van der Waals surface area contributed by atoms with Gasteiger partial charge in [0, 0.05) is 32.7 Å². The number of pyridine rings is 1. The van der Waals surface area contributed by atoms with Crippen LogP contribution < -0.4 is 0 Å². The van der Waals surface area contributed by atoms with E-state index in [9.17, 15) is 47.4 Å². The van der Waals surface area contributed by atoms with E-state index in [2.05, 4.69) is 63.8 Å². The Hall–Kier alpha value is -13.6. The van der Waals surface area contributed by atoms with Gasteiger partial charge in [-0.25, -0.2) is 4.98 Å². The number of rotatable bonds is 8. The maximum Gasteiger partial charge on any atom is 0.0999 e. The van der Waals surface area contributed by atoms with Crippen molar-refractivity contribution in [3.63, 3.8) is 0 Å². The van der Waals surface area contributed by atoms with Crippen LogP contribution >= 0.6 is 0 Å². The van der Waals surface area contributed by atoms with E-state index in [1.54, 1.807) is 72.8 Å². The number of nitriles is 9. The summed E-state index contributed by atoms with van der Waals surface area (Å²) in [6, 6.07) is 83.3. The summed E-state index contributed by atoms with van der Waals surface area (Å²) in [6.07, 6.45) is 0. The van der Waals surface area contributed by atoms with E-state index in [1.165, 1.54) is 0 Å². The lowest BCUT2D eigenvalue weighted by atomic mass is 9.95. The van der Waals surface area contributed by atoms with Crippen LogP contribution in [0.4, 0.5) is 0 Å². The van der Waals surface area contributed by atoms with E-state index in [1.807, 2.05) is 133 Å². The Morgan fingerprint density at radius 3 is 0.907 bits per heavy atom. The average molecular weight is 1090 g/mol. The average Bonchev–Trinajstić information content (AvgIpc) is 3.09. The number of fused-ring (bicyclic) bond motifs is 6. The van der Waals surface area contributed by atoms with Gasteiger partial charge in [-0.15, -0.1) is 0 Å². The van der Waals surface area contributed by atoms with Crippen LogP contribution in [0.25, 0.3) is 122 Å². The summed E-state index contributed by atoms with van der Waals surface area (Å²) in [5.41, 5.74) is 15.0. The quantitative estimate of drug-likeness (QED) is 0.139. The predicted molar refractivity (Wildman–Crippen MR) is 328 cm³/mol. The zero-order chi connectivity index (χ0) is 59.2. The van der Waals surface area contributed by atoms with E-state index < -0.39 is 0 Å². The standard InChI is InChI=1S/C74H34N12/c75-35-44-9-17-58(53(25-44)39-79)49-13-21-69-63(29-49)64-30-50(59-18-10-45(36-76)26-54(59)40-80)14-22-70(64)85(69)73-33-57(43-83)62(68-8-4-7-67(84-68)48-5-2-1-3-6-48)34-74(73)86-71-23-15-51(60-19-11-46(37-77)27-55(60)41-81)31-65(71)66-32-52(16-24-72(66)86)61-20-12-47(38-78)28-56(61)42-82/h1-34H. The summed E-state index contributed by atoms with van der Waals surface area (Å²) in [4.78, 5) is 5.19. The molecule has 13 aromatic rings. The highest BCUT2D eigenvalue weighted by molar-refractivity contribution is 6.14. The third-order valence-corrected chi connectivity index (χ3v) is 15.7. The minimum Gasteiger partial charge on any atom is -0.307 e. The van der Waals surface area contributed by atoms with Crippen molar-refractivity contribution in [2.45, 2.75) is 0 Å².